The van der Waals surface area contributed by atoms with Crippen molar-refractivity contribution < 1.29 is 23.1 Å². The maximum absolute atomic E-state index is 12.4. The average molecular weight is 307 g/mol. The molecule has 0 aromatic carbocycles. The zero-order chi connectivity index (χ0) is 15.6. The van der Waals surface area contributed by atoms with Crippen molar-refractivity contribution in [1.82, 2.24) is 4.31 Å². The zero-order valence-corrected chi connectivity index (χ0v) is 13.4. The predicted octanol–water partition coefficient (Wildman–Crippen LogP) is 1.32. The second-order valence-electron chi connectivity index (χ2n) is 6.18. The van der Waals surface area contributed by atoms with Crippen LogP contribution in [0.3, 0.4) is 0 Å². The number of ether oxygens (including phenoxy) is 1. The topological polar surface area (TPSA) is 83.9 Å². The van der Waals surface area contributed by atoms with E-state index >= 15 is 0 Å². The number of carboxylic acids is 1. The van der Waals surface area contributed by atoms with Crippen LogP contribution in [0.15, 0.2) is 0 Å². The van der Waals surface area contributed by atoms with Crippen LogP contribution in [0, 0.1) is 5.41 Å². The third-order valence-electron chi connectivity index (χ3n) is 3.61. The van der Waals surface area contributed by atoms with E-state index in [4.69, 9.17) is 4.74 Å². The van der Waals surface area contributed by atoms with Gasteiger partial charge in [-0.05, 0) is 32.1 Å². The van der Waals surface area contributed by atoms with Crippen molar-refractivity contribution in [3.63, 3.8) is 0 Å². The predicted molar refractivity (Wildman–Crippen MR) is 76.0 cm³/mol. The molecule has 0 aromatic rings. The van der Waals surface area contributed by atoms with E-state index < -0.39 is 27.4 Å². The van der Waals surface area contributed by atoms with E-state index in [0.717, 1.165) is 4.31 Å². The van der Waals surface area contributed by atoms with Gasteiger partial charge in [-0.3, -0.25) is 4.79 Å². The lowest BCUT2D eigenvalue weighted by atomic mass is 9.77. The third kappa shape index (κ3) is 4.17. The Morgan fingerprint density at radius 3 is 2.55 bits per heavy atom. The number of hydrogen-bond donors (Lipinski definition) is 1. The van der Waals surface area contributed by atoms with Crippen molar-refractivity contribution in [2.24, 2.45) is 5.41 Å². The van der Waals surface area contributed by atoms with E-state index in [-0.39, 0.29) is 25.0 Å². The molecule has 118 valence electrons. The highest BCUT2D eigenvalue weighted by Crippen LogP contribution is 2.36. The number of sulfonamides is 1. The van der Waals surface area contributed by atoms with E-state index in [9.17, 15) is 18.3 Å². The van der Waals surface area contributed by atoms with Gasteiger partial charge in [0.05, 0.1) is 18.5 Å². The van der Waals surface area contributed by atoms with Gasteiger partial charge in [0.1, 0.15) is 6.04 Å². The van der Waals surface area contributed by atoms with Gasteiger partial charge in [-0.2, -0.15) is 4.31 Å². The Kier molecular flexibility index (Phi) is 5.57. The van der Waals surface area contributed by atoms with Crippen LogP contribution in [0.2, 0.25) is 0 Å². The van der Waals surface area contributed by atoms with Gasteiger partial charge in [0.25, 0.3) is 0 Å². The maximum atomic E-state index is 12.4. The molecule has 20 heavy (non-hydrogen) atoms. The first-order valence-corrected chi connectivity index (χ1v) is 8.53. The van der Waals surface area contributed by atoms with Crippen LogP contribution >= 0.6 is 0 Å². The summed E-state index contributed by atoms with van der Waals surface area (Å²) in [5.74, 6) is -1.26. The van der Waals surface area contributed by atoms with Crippen molar-refractivity contribution in [2.45, 2.75) is 52.7 Å². The Balaban J connectivity index is 2.88. The highest BCUT2D eigenvalue weighted by atomic mass is 32.2. The Labute approximate surface area is 121 Å². The van der Waals surface area contributed by atoms with Crippen molar-refractivity contribution in [1.29, 1.82) is 0 Å². The molecule has 6 nitrogen and oxygen atoms in total. The van der Waals surface area contributed by atoms with Gasteiger partial charge in [-0.25, -0.2) is 8.42 Å². The monoisotopic (exact) mass is 307 g/mol. The first-order valence-electron chi connectivity index (χ1n) is 6.92. The molecule has 0 radical (unpaired) electrons. The number of aliphatic carboxylic acids is 1. The number of rotatable bonds is 6. The molecule has 1 saturated heterocycles. The van der Waals surface area contributed by atoms with E-state index in [1.165, 1.54) is 0 Å². The molecule has 1 heterocycles. The summed E-state index contributed by atoms with van der Waals surface area (Å²) in [5, 5.41) is 9.38. The number of hydrogen-bond acceptors (Lipinski definition) is 4. The molecule has 0 amide bonds. The summed E-state index contributed by atoms with van der Waals surface area (Å²) in [7, 11) is -3.62. The van der Waals surface area contributed by atoms with Crippen LogP contribution in [0.1, 0.15) is 40.5 Å². The molecule has 0 bridgehead atoms. The molecule has 1 unspecified atom stereocenters. The lowest BCUT2D eigenvalue weighted by Gasteiger charge is -2.43. The molecule has 7 heteroatoms. The minimum atomic E-state index is -3.62. The fraction of sp³-hybridized carbons (Fsp3) is 0.923. The minimum absolute atomic E-state index is 0.0433. The third-order valence-corrected chi connectivity index (χ3v) is 5.40. The van der Waals surface area contributed by atoms with Gasteiger partial charge in [0, 0.05) is 6.54 Å². The second kappa shape index (κ2) is 6.41. The van der Waals surface area contributed by atoms with Crippen LogP contribution in [-0.4, -0.2) is 54.8 Å². The molecule has 0 aliphatic carbocycles. The van der Waals surface area contributed by atoms with Gasteiger partial charge < -0.3 is 9.84 Å². The first kappa shape index (κ1) is 17.4. The van der Waals surface area contributed by atoms with Gasteiger partial charge in [-0.1, -0.05) is 13.8 Å². The summed E-state index contributed by atoms with van der Waals surface area (Å²) >= 11 is 0. The maximum Gasteiger partial charge on any atom is 0.322 e. The summed E-state index contributed by atoms with van der Waals surface area (Å²) in [6.45, 7) is 7.62. The molecular weight excluding hydrogens is 282 g/mol. The molecule has 1 N–H and O–H groups in total. The fourth-order valence-electron chi connectivity index (χ4n) is 2.61. The summed E-state index contributed by atoms with van der Waals surface area (Å²) in [5.41, 5.74) is -0.559. The smallest absolute Gasteiger partial charge is 0.322 e. The summed E-state index contributed by atoms with van der Waals surface area (Å²) in [4.78, 5) is 11.5. The Bertz CT molecular complexity index is 444. The summed E-state index contributed by atoms with van der Waals surface area (Å²) in [6.07, 6.45) is 1.35. The zero-order valence-electron chi connectivity index (χ0n) is 12.6. The molecule has 1 aliphatic heterocycles. The molecule has 0 spiro atoms. The van der Waals surface area contributed by atoms with Gasteiger partial charge in [0.15, 0.2) is 0 Å². The van der Waals surface area contributed by atoms with Crippen LogP contribution in [0.5, 0.6) is 0 Å². The lowest BCUT2D eigenvalue weighted by Crippen LogP contribution is -2.56. The molecule has 0 saturated carbocycles. The van der Waals surface area contributed by atoms with Crippen LogP contribution < -0.4 is 0 Å². The highest BCUT2D eigenvalue weighted by Gasteiger charge is 2.47. The lowest BCUT2D eigenvalue weighted by molar-refractivity contribution is -0.147. The fourth-order valence-corrected chi connectivity index (χ4v) is 4.25. The minimum Gasteiger partial charge on any atom is -0.480 e. The number of nitrogens with zero attached hydrogens (tertiary/aromatic N) is 1. The van der Waals surface area contributed by atoms with Gasteiger partial charge >= 0.3 is 5.97 Å². The van der Waals surface area contributed by atoms with Crippen LogP contribution in [-0.2, 0) is 19.6 Å². The molecule has 1 fully saturated rings. The summed E-state index contributed by atoms with van der Waals surface area (Å²) < 4.78 is 31.1. The first-order chi connectivity index (χ1) is 9.08. The van der Waals surface area contributed by atoms with E-state index in [1.54, 1.807) is 13.8 Å². The van der Waals surface area contributed by atoms with Crippen LogP contribution in [0.4, 0.5) is 0 Å². The second-order valence-corrected chi connectivity index (χ2v) is 8.22. The molecule has 1 aliphatic rings. The van der Waals surface area contributed by atoms with Crippen molar-refractivity contribution in [2.75, 3.05) is 18.9 Å². The molecule has 1 atom stereocenters. The summed E-state index contributed by atoms with van der Waals surface area (Å²) in [6, 6.07) is -1.000. The number of piperidine rings is 1. The number of carboxylic acid groups (broad SMARTS) is 1. The van der Waals surface area contributed by atoms with Crippen molar-refractivity contribution >= 4 is 16.0 Å². The van der Waals surface area contributed by atoms with E-state index in [0.29, 0.717) is 12.8 Å². The van der Waals surface area contributed by atoms with Gasteiger partial charge in [-0.15, -0.1) is 0 Å². The Morgan fingerprint density at radius 1 is 1.45 bits per heavy atom. The molecule has 0 aromatic heterocycles. The normalized spacial score (nSPS) is 23.9. The van der Waals surface area contributed by atoms with E-state index in [2.05, 4.69) is 0 Å². The van der Waals surface area contributed by atoms with Gasteiger partial charge in [0.2, 0.25) is 10.0 Å². The van der Waals surface area contributed by atoms with Crippen molar-refractivity contribution in [3.8, 4) is 0 Å². The van der Waals surface area contributed by atoms with Crippen LogP contribution in [0.25, 0.3) is 0 Å². The molecular formula is C13H25NO5S. The van der Waals surface area contributed by atoms with Crippen molar-refractivity contribution in [3.05, 3.63) is 0 Å². The quantitative estimate of drug-likeness (QED) is 0.800. The van der Waals surface area contributed by atoms with E-state index in [1.807, 2.05) is 13.8 Å². The average Bonchev–Trinajstić information content (AvgIpc) is 2.25. The standard InChI is InChI=1S/C13H25NO5S/c1-10(2)19-8-9-20(17,18)14-7-5-6-13(3,4)11(14)12(15)16/h10-11H,5-9H2,1-4H3,(H,15,16). The Morgan fingerprint density at radius 2 is 2.05 bits per heavy atom. The number of carbonyl (C=O) groups is 1. The SMILES string of the molecule is CC(C)OCCS(=O)(=O)N1CCCC(C)(C)C1C(=O)O. The highest BCUT2D eigenvalue weighted by molar-refractivity contribution is 7.89. The Hall–Kier alpha value is -0.660. The largest absolute Gasteiger partial charge is 0.480 e. The molecule has 1 rings (SSSR count).